The topological polar surface area (TPSA) is 67.4 Å². The van der Waals surface area contributed by atoms with Crippen LogP contribution >= 0.6 is 0 Å². The molecule has 0 radical (unpaired) electrons. The second-order valence-corrected chi connectivity index (χ2v) is 7.78. The number of para-hydroxylation sites is 2. The van der Waals surface area contributed by atoms with E-state index in [0.717, 1.165) is 28.1 Å². The molecule has 0 atom stereocenters. The number of rotatable bonds is 7. The van der Waals surface area contributed by atoms with Gasteiger partial charge in [0.1, 0.15) is 0 Å². The van der Waals surface area contributed by atoms with Crippen LogP contribution in [-0.2, 0) is 9.53 Å². The van der Waals surface area contributed by atoms with Crippen molar-refractivity contribution >= 4 is 28.9 Å². The normalized spacial score (nSPS) is 10.6. The van der Waals surface area contributed by atoms with Crippen molar-refractivity contribution in [3.8, 4) is 0 Å². The third-order valence-corrected chi connectivity index (χ3v) is 5.21. The van der Waals surface area contributed by atoms with Crippen LogP contribution in [0, 0.1) is 13.8 Å². The average molecular weight is 417 g/mol. The van der Waals surface area contributed by atoms with Crippen molar-refractivity contribution in [3.05, 3.63) is 89.0 Å². The molecular weight excluding hydrogens is 388 g/mol. The van der Waals surface area contributed by atoms with Crippen LogP contribution in [0.15, 0.2) is 66.7 Å². The van der Waals surface area contributed by atoms with Crippen LogP contribution in [0.2, 0.25) is 0 Å². The second kappa shape index (κ2) is 9.94. The molecule has 0 heterocycles. The SMILES string of the molecule is Cc1cccc(Nc2ccccc2C(=O)OCC(=O)Nc2ccccc2C(C)C)c1C. The molecule has 0 aliphatic carbocycles. The Morgan fingerprint density at radius 1 is 0.839 bits per heavy atom. The van der Waals surface area contributed by atoms with E-state index in [0.29, 0.717) is 11.3 Å². The molecule has 0 spiro atoms. The molecule has 3 aromatic carbocycles. The Labute approximate surface area is 183 Å². The second-order valence-electron chi connectivity index (χ2n) is 7.78. The molecule has 0 fully saturated rings. The van der Waals surface area contributed by atoms with Crippen LogP contribution < -0.4 is 10.6 Å². The molecule has 0 aliphatic rings. The number of hydrogen-bond donors (Lipinski definition) is 2. The minimum Gasteiger partial charge on any atom is -0.452 e. The Hall–Kier alpha value is -3.60. The molecule has 0 bridgehead atoms. The number of anilines is 3. The van der Waals surface area contributed by atoms with E-state index in [4.69, 9.17) is 4.74 Å². The summed E-state index contributed by atoms with van der Waals surface area (Å²) in [6, 6.07) is 20.7. The lowest BCUT2D eigenvalue weighted by molar-refractivity contribution is -0.119. The maximum absolute atomic E-state index is 12.7. The molecule has 0 aromatic heterocycles. The van der Waals surface area contributed by atoms with Crippen LogP contribution in [-0.4, -0.2) is 18.5 Å². The Morgan fingerprint density at radius 3 is 2.23 bits per heavy atom. The van der Waals surface area contributed by atoms with Gasteiger partial charge in [0.05, 0.1) is 11.3 Å². The molecule has 2 N–H and O–H groups in total. The summed E-state index contributed by atoms with van der Waals surface area (Å²) in [7, 11) is 0. The van der Waals surface area contributed by atoms with Gasteiger partial charge >= 0.3 is 5.97 Å². The van der Waals surface area contributed by atoms with Crippen molar-refractivity contribution in [2.24, 2.45) is 0 Å². The first-order chi connectivity index (χ1) is 14.9. The molecule has 0 saturated carbocycles. The van der Waals surface area contributed by atoms with Gasteiger partial charge in [-0.25, -0.2) is 4.79 Å². The number of carbonyl (C=O) groups excluding carboxylic acids is 2. The molecule has 1 amide bonds. The molecule has 0 unspecified atom stereocenters. The highest BCUT2D eigenvalue weighted by Crippen LogP contribution is 2.26. The third-order valence-electron chi connectivity index (χ3n) is 5.21. The van der Waals surface area contributed by atoms with Gasteiger partial charge in [0.2, 0.25) is 0 Å². The van der Waals surface area contributed by atoms with Crippen molar-refractivity contribution in [2.45, 2.75) is 33.6 Å². The van der Waals surface area contributed by atoms with Crippen LogP contribution in [0.4, 0.5) is 17.1 Å². The average Bonchev–Trinajstić information content (AvgIpc) is 2.76. The monoisotopic (exact) mass is 416 g/mol. The number of aryl methyl sites for hydroxylation is 1. The predicted octanol–water partition coefficient (Wildman–Crippen LogP) is 5.97. The molecular formula is C26H28N2O3. The summed E-state index contributed by atoms with van der Waals surface area (Å²) in [6.45, 7) is 7.83. The fraction of sp³-hybridized carbons (Fsp3) is 0.231. The lowest BCUT2D eigenvalue weighted by atomic mass is 10.0. The first-order valence-electron chi connectivity index (χ1n) is 10.3. The van der Waals surface area contributed by atoms with Crippen LogP contribution in [0.1, 0.15) is 46.8 Å². The van der Waals surface area contributed by atoms with E-state index in [-0.39, 0.29) is 18.4 Å². The number of nitrogens with one attached hydrogen (secondary N) is 2. The summed E-state index contributed by atoms with van der Waals surface area (Å²) in [5.74, 6) is -0.663. The Balaban J connectivity index is 1.68. The van der Waals surface area contributed by atoms with E-state index < -0.39 is 5.97 Å². The van der Waals surface area contributed by atoms with Crippen molar-refractivity contribution in [1.82, 2.24) is 0 Å². The standard InChI is InChI=1S/C26H28N2O3/c1-17(2)20-11-5-7-13-23(20)28-25(29)16-31-26(30)21-12-6-8-14-24(21)27-22-15-9-10-18(3)19(22)4/h5-15,17,27H,16H2,1-4H3,(H,28,29). The fourth-order valence-electron chi connectivity index (χ4n) is 3.31. The van der Waals surface area contributed by atoms with Gasteiger partial charge < -0.3 is 15.4 Å². The summed E-state index contributed by atoms with van der Waals surface area (Å²) < 4.78 is 5.30. The predicted molar refractivity (Wildman–Crippen MR) is 125 cm³/mol. The van der Waals surface area contributed by atoms with Gasteiger partial charge in [-0.05, 0) is 60.7 Å². The van der Waals surface area contributed by atoms with Gasteiger partial charge in [-0.15, -0.1) is 0 Å². The molecule has 0 aliphatic heterocycles. The lowest BCUT2D eigenvalue weighted by Gasteiger charge is -2.15. The zero-order chi connectivity index (χ0) is 22.4. The largest absolute Gasteiger partial charge is 0.452 e. The Kier molecular flexibility index (Phi) is 7.08. The quantitative estimate of drug-likeness (QED) is 0.466. The van der Waals surface area contributed by atoms with Crippen molar-refractivity contribution < 1.29 is 14.3 Å². The van der Waals surface area contributed by atoms with Gasteiger partial charge in [-0.2, -0.15) is 0 Å². The number of carbonyl (C=O) groups is 2. The van der Waals surface area contributed by atoms with E-state index in [2.05, 4.69) is 24.5 Å². The smallest absolute Gasteiger partial charge is 0.340 e. The maximum Gasteiger partial charge on any atom is 0.340 e. The number of benzene rings is 3. The lowest BCUT2D eigenvalue weighted by Crippen LogP contribution is -2.22. The zero-order valence-corrected chi connectivity index (χ0v) is 18.4. The van der Waals surface area contributed by atoms with E-state index in [9.17, 15) is 9.59 Å². The highest BCUT2D eigenvalue weighted by atomic mass is 16.5. The van der Waals surface area contributed by atoms with Crippen LogP contribution in [0.5, 0.6) is 0 Å². The summed E-state index contributed by atoms with van der Waals surface area (Å²) in [4.78, 5) is 25.1. The summed E-state index contributed by atoms with van der Waals surface area (Å²) in [5, 5.41) is 6.14. The van der Waals surface area contributed by atoms with Crippen molar-refractivity contribution in [2.75, 3.05) is 17.2 Å². The molecule has 3 rings (SSSR count). The van der Waals surface area contributed by atoms with Gasteiger partial charge in [-0.1, -0.05) is 56.3 Å². The highest BCUT2D eigenvalue weighted by Gasteiger charge is 2.16. The number of ether oxygens (including phenoxy) is 1. The summed E-state index contributed by atoms with van der Waals surface area (Å²) in [6.07, 6.45) is 0. The molecule has 0 saturated heterocycles. The first-order valence-corrected chi connectivity index (χ1v) is 10.3. The Morgan fingerprint density at radius 2 is 1.48 bits per heavy atom. The molecule has 31 heavy (non-hydrogen) atoms. The van der Waals surface area contributed by atoms with Crippen LogP contribution in [0.3, 0.4) is 0 Å². The van der Waals surface area contributed by atoms with E-state index >= 15 is 0 Å². The minimum absolute atomic E-state index is 0.266. The first kappa shape index (κ1) is 22.1. The van der Waals surface area contributed by atoms with Crippen molar-refractivity contribution in [1.29, 1.82) is 0 Å². The Bertz CT molecular complexity index is 1090. The van der Waals surface area contributed by atoms with Gasteiger partial charge in [0.15, 0.2) is 6.61 Å². The molecule has 5 nitrogen and oxygen atoms in total. The van der Waals surface area contributed by atoms with E-state index in [1.165, 1.54) is 0 Å². The van der Waals surface area contributed by atoms with Gasteiger partial charge in [0.25, 0.3) is 5.91 Å². The molecule has 3 aromatic rings. The van der Waals surface area contributed by atoms with E-state index in [1.54, 1.807) is 12.1 Å². The van der Waals surface area contributed by atoms with Gasteiger partial charge in [-0.3, -0.25) is 4.79 Å². The third kappa shape index (κ3) is 5.51. The van der Waals surface area contributed by atoms with Gasteiger partial charge in [0, 0.05) is 11.4 Å². The fourth-order valence-corrected chi connectivity index (χ4v) is 3.31. The van der Waals surface area contributed by atoms with E-state index in [1.807, 2.05) is 68.4 Å². The van der Waals surface area contributed by atoms with Crippen LogP contribution in [0.25, 0.3) is 0 Å². The summed E-state index contributed by atoms with van der Waals surface area (Å²) >= 11 is 0. The zero-order valence-electron chi connectivity index (χ0n) is 18.4. The van der Waals surface area contributed by atoms with Crippen molar-refractivity contribution in [3.63, 3.8) is 0 Å². The number of amides is 1. The minimum atomic E-state index is -0.555. The number of hydrogen-bond acceptors (Lipinski definition) is 4. The molecule has 5 heteroatoms. The molecule has 160 valence electrons. The maximum atomic E-state index is 12.7. The highest BCUT2D eigenvalue weighted by molar-refractivity contribution is 5.99. The summed E-state index contributed by atoms with van der Waals surface area (Å²) in [5.41, 5.74) is 5.95. The number of esters is 1.